The Bertz CT molecular complexity index is 1120. The fourth-order valence-corrected chi connectivity index (χ4v) is 2.85. The third kappa shape index (κ3) is 2.61. The van der Waals surface area contributed by atoms with Gasteiger partial charge in [-0.1, -0.05) is 18.2 Å². The maximum Gasteiger partial charge on any atom is 0.266 e. The number of benzene rings is 3. The molecule has 0 amide bonds. The number of aromatic nitrogens is 2. The highest BCUT2D eigenvalue weighted by Gasteiger charge is 2.14. The number of hydrogen-bond donors (Lipinski definition) is 2. The van der Waals surface area contributed by atoms with Gasteiger partial charge in [0.05, 0.1) is 16.6 Å². The van der Waals surface area contributed by atoms with E-state index < -0.39 is 0 Å². The maximum atomic E-state index is 13.2. The molecule has 1 heterocycles. The topological polar surface area (TPSA) is 86.9 Å². The molecule has 5 nitrogen and oxygen atoms in total. The molecule has 0 saturated heterocycles. The van der Waals surface area contributed by atoms with Crippen LogP contribution in [0.15, 0.2) is 77.6 Å². The van der Waals surface area contributed by atoms with Gasteiger partial charge in [0.15, 0.2) is 0 Å². The van der Waals surface area contributed by atoms with Gasteiger partial charge in [0, 0.05) is 16.9 Å². The van der Waals surface area contributed by atoms with E-state index in [0.717, 1.165) is 11.3 Å². The molecule has 0 radical (unpaired) electrons. The third-order valence-electron chi connectivity index (χ3n) is 4.08. The van der Waals surface area contributed by atoms with Crippen molar-refractivity contribution < 1.29 is 0 Å². The lowest BCUT2D eigenvalue weighted by atomic mass is 10.1. The second kappa shape index (κ2) is 5.79. The van der Waals surface area contributed by atoms with E-state index >= 15 is 0 Å². The molecule has 0 saturated carbocycles. The predicted octanol–water partition coefficient (Wildman–Crippen LogP) is 3.22. The van der Waals surface area contributed by atoms with Gasteiger partial charge in [0.2, 0.25) is 0 Å². The summed E-state index contributed by atoms with van der Waals surface area (Å²) in [7, 11) is 0. The summed E-state index contributed by atoms with van der Waals surface area (Å²) in [6.45, 7) is 0. The van der Waals surface area contributed by atoms with Crippen LogP contribution in [0.2, 0.25) is 0 Å². The van der Waals surface area contributed by atoms with Gasteiger partial charge >= 0.3 is 0 Å². The molecule has 0 atom stereocenters. The smallest absolute Gasteiger partial charge is 0.266 e. The van der Waals surface area contributed by atoms with Crippen molar-refractivity contribution in [2.24, 2.45) is 0 Å². The van der Waals surface area contributed by atoms with Gasteiger partial charge in [-0.25, -0.2) is 4.98 Å². The Morgan fingerprint density at radius 3 is 2.20 bits per heavy atom. The number of rotatable bonds is 2. The summed E-state index contributed by atoms with van der Waals surface area (Å²) in [5, 5.41) is 0.489. The molecule has 122 valence electrons. The van der Waals surface area contributed by atoms with Crippen LogP contribution in [0.1, 0.15) is 0 Å². The quantitative estimate of drug-likeness (QED) is 0.553. The number of fused-ring (bicyclic) bond motifs is 1. The zero-order chi connectivity index (χ0) is 17.4. The van der Waals surface area contributed by atoms with Crippen LogP contribution in [0.4, 0.5) is 11.4 Å². The molecule has 1 aromatic heterocycles. The number of anilines is 2. The minimum atomic E-state index is -0.157. The number of nitrogens with zero attached hydrogens (tertiary/aromatic N) is 2. The molecule has 4 N–H and O–H groups in total. The van der Waals surface area contributed by atoms with E-state index in [2.05, 4.69) is 0 Å². The Balaban J connectivity index is 2.11. The van der Waals surface area contributed by atoms with Crippen LogP contribution >= 0.6 is 0 Å². The normalized spacial score (nSPS) is 10.9. The minimum absolute atomic E-state index is 0.157. The molecule has 5 heteroatoms. The molecular weight excluding hydrogens is 312 g/mol. The summed E-state index contributed by atoms with van der Waals surface area (Å²) < 4.78 is 1.60. The van der Waals surface area contributed by atoms with E-state index in [1.165, 1.54) is 0 Å². The fourth-order valence-electron chi connectivity index (χ4n) is 2.85. The lowest BCUT2D eigenvalue weighted by Gasteiger charge is -2.14. The van der Waals surface area contributed by atoms with Crippen molar-refractivity contribution in [2.75, 3.05) is 11.5 Å². The lowest BCUT2D eigenvalue weighted by Crippen LogP contribution is -2.22. The highest BCUT2D eigenvalue weighted by atomic mass is 16.1. The Morgan fingerprint density at radius 1 is 0.800 bits per heavy atom. The van der Waals surface area contributed by atoms with E-state index in [0.29, 0.717) is 28.1 Å². The zero-order valence-electron chi connectivity index (χ0n) is 13.4. The summed E-state index contributed by atoms with van der Waals surface area (Å²) in [5.41, 5.74) is 14.9. The zero-order valence-corrected chi connectivity index (χ0v) is 13.4. The summed E-state index contributed by atoms with van der Waals surface area (Å²) in [6, 6.07) is 21.9. The number of nitrogen functional groups attached to an aromatic ring is 2. The van der Waals surface area contributed by atoms with Crippen LogP contribution in [0, 0.1) is 0 Å². The summed E-state index contributed by atoms with van der Waals surface area (Å²) >= 11 is 0. The molecular formula is C20H16N4O. The molecule has 0 spiro atoms. The molecule has 0 aliphatic heterocycles. The van der Waals surface area contributed by atoms with Gasteiger partial charge < -0.3 is 11.5 Å². The average Bonchev–Trinajstić information content (AvgIpc) is 2.63. The Hall–Kier alpha value is -3.60. The van der Waals surface area contributed by atoms with Crippen molar-refractivity contribution in [1.29, 1.82) is 0 Å². The first-order valence-corrected chi connectivity index (χ1v) is 7.87. The van der Waals surface area contributed by atoms with Gasteiger partial charge in [-0.05, 0) is 54.6 Å². The molecule has 25 heavy (non-hydrogen) atoms. The van der Waals surface area contributed by atoms with Crippen LogP contribution in [-0.2, 0) is 0 Å². The van der Waals surface area contributed by atoms with Gasteiger partial charge in [-0.2, -0.15) is 0 Å². The van der Waals surface area contributed by atoms with Gasteiger partial charge in [-0.15, -0.1) is 0 Å². The highest BCUT2D eigenvalue weighted by Crippen LogP contribution is 2.23. The van der Waals surface area contributed by atoms with Crippen LogP contribution in [0.5, 0.6) is 0 Å². The molecule has 4 aromatic rings. The van der Waals surface area contributed by atoms with E-state index in [1.807, 2.05) is 42.5 Å². The fraction of sp³-hybridized carbons (Fsp3) is 0. The van der Waals surface area contributed by atoms with Gasteiger partial charge in [0.1, 0.15) is 5.82 Å². The summed E-state index contributed by atoms with van der Waals surface area (Å²) in [6.07, 6.45) is 0. The number of hydrogen-bond acceptors (Lipinski definition) is 4. The van der Waals surface area contributed by atoms with Crippen LogP contribution in [0.25, 0.3) is 28.0 Å². The second-order valence-corrected chi connectivity index (χ2v) is 5.81. The van der Waals surface area contributed by atoms with Crippen molar-refractivity contribution >= 4 is 22.3 Å². The summed E-state index contributed by atoms with van der Waals surface area (Å²) in [4.78, 5) is 17.9. The maximum absolute atomic E-state index is 13.2. The van der Waals surface area contributed by atoms with Crippen LogP contribution in [0.3, 0.4) is 0 Å². The van der Waals surface area contributed by atoms with Crippen LogP contribution in [-0.4, -0.2) is 9.55 Å². The third-order valence-corrected chi connectivity index (χ3v) is 4.08. The molecule has 0 fully saturated rings. The highest BCUT2D eigenvalue weighted by molar-refractivity contribution is 5.83. The van der Waals surface area contributed by atoms with Crippen molar-refractivity contribution in [3.8, 4) is 17.1 Å². The van der Waals surface area contributed by atoms with Gasteiger partial charge in [-0.3, -0.25) is 9.36 Å². The first-order valence-electron chi connectivity index (χ1n) is 7.87. The summed E-state index contributed by atoms with van der Waals surface area (Å²) in [5.74, 6) is 0.563. The molecule has 0 unspecified atom stereocenters. The van der Waals surface area contributed by atoms with Crippen molar-refractivity contribution in [3.63, 3.8) is 0 Å². The van der Waals surface area contributed by atoms with Crippen molar-refractivity contribution in [3.05, 3.63) is 83.2 Å². The van der Waals surface area contributed by atoms with E-state index in [1.54, 1.807) is 34.9 Å². The first kappa shape index (κ1) is 15.0. The van der Waals surface area contributed by atoms with E-state index in [-0.39, 0.29) is 5.56 Å². The first-order chi connectivity index (χ1) is 12.1. The second-order valence-electron chi connectivity index (χ2n) is 5.81. The predicted molar refractivity (Wildman–Crippen MR) is 102 cm³/mol. The van der Waals surface area contributed by atoms with E-state index in [9.17, 15) is 4.79 Å². The molecule has 0 aliphatic rings. The lowest BCUT2D eigenvalue weighted by molar-refractivity contribution is 0.976. The van der Waals surface area contributed by atoms with Crippen molar-refractivity contribution in [2.45, 2.75) is 0 Å². The molecule has 4 rings (SSSR count). The van der Waals surface area contributed by atoms with Gasteiger partial charge in [0.25, 0.3) is 5.56 Å². The molecule has 0 bridgehead atoms. The van der Waals surface area contributed by atoms with Crippen molar-refractivity contribution in [1.82, 2.24) is 9.55 Å². The van der Waals surface area contributed by atoms with Crippen LogP contribution < -0.4 is 17.0 Å². The SMILES string of the molecule is Nc1ccc(-c2nc3ccc(N)cc3c(=O)n2-c2ccccc2)cc1. The average molecular weight is 328 g/mol. The van der Waals surface area contributed by atoms with E-state index in [4.69, 9.17) is 16.5 Å². The minimum Gasteiger partial charge on any atom is -0.399 e. The Kier molecular flexibility index (Phi) is 3.47. The molecule has 3 aromatic carbocycles. The standard InChI is InChI=1S/C20H16N4O/c21-14-8-6-13(7-9-14)19-23-18-11-10-15(22)12-17(18)20(25)24(19)16-4-2-1-3-5-16/h1-12H,21-22H2. The largest absolute Gasteiger partial charge is 0.399 e. The number of nitrogens with two attached hydrogens (primary N) is 2. The Labute approximate surface area is 144 Å². The number of para-hydroxylation sites is 1. The molecule has 0 aliphatic carbocycles. The Morgan fingerprint density at radius 2 is 1.48 bits per heavy atom. The monoisotopic (exact) mass is 328 g/mol.